The molecule has 8 nitrogen and oxygen atoms in total. The molecule has 0 radical (unpaired) electrons. The van der Waals surface area contributed by atoms with E-state index in [1.165, 1.54) is 6.26 Å². The quantitative estimate of drug-likeness (QED) is 0.343. The van der Waals surface area contributed by atoms with Crippen LogP contribution < -0.4 is 16.0 Å². The van der Waals surface area contributed by atoms with Crippen LogP contribution in [-0.2, 0) is 21.0 Å². The Bertz CT molecular complexity index is 753. The van der Waals surface area contributed by atoms with Crippen molar-refractivity contribution in [2.75, 3.05) is 37.5 Å². The number of rotatable bonds is 8. The first-order valence-corrected chi connectivity index (χ1v) is 11.3. The summed E-state index contributed by atoms with van der Waals surface area (Å²) in [4.78, 5) is 15.9. The Hall–Kier alpha value is -2.29. The average molecular weight is 413 g/mol. The topological polar surface area (TPSA) is 109 Å². The molecule has 0 spiro atoms. The van der Waals surface area contributed by atoms with Crippen LogP contribution in [0.1, 0.15) is 32.8 Å². The van der Waals surface area contributed by atoms with E-state index in [4.69, 9.17) is 4.74 Å². The largest absolute Gasteiger partial charge is 0.444 e. The van der Waals surface area contributed by atoms with Gasteiger partial charge in [0.2, 0.25) is 0 Å². The summed E-state index contributed by atoms with van der Waals surface area (Å²) in [5, 5.41) is 8.98. The summed E-state index contributed by atoms with van der Waals surface area (Å²) in [7, 11) is -1.27. The maximum atomic E-state index is 11.8. The molecule has 0 saturated heterocycles. The number of ether oxygens (including phenoxy) is 1. The van der Waals surface area contributed by atoms with Gasteiger partial charge in [-0.15, -0.1) is 0 Å². The number of hydrogen-bond acceptors (Lipinski definition) is 5. The van der Waals surface area contributed by atoms with E-state index in [0.717, 1.165) is 12.0 Å². The van der Waals surface area contributed by atoms with Crippen molar-refractivity contribution in [3.05, 3.63) is 29.8 Å². The molecule has 0 heterocycles. The highest BCUT2D eigenvalue weighted by Crippen LogP contribution is 2.13. The van der Waals surface area contributed by atoms with E-state index >= 15 is 0 Å². The Morgan fingerprint density at radius 3 is 2.25 bits per heavy atom. The first-order chi connectivity index (χ1) is 13.0. The minimum absolute atomic E-state index is 0.153. The van der Waals surface area contributed by atoms with Gasteiger partial charge in [0.15, 0.2) is 5.96 Å². The lowest BCUT2D eigenvalue weighted by atomic mass is 10.1. The number of amides is 1. The normalized spacial score (nSPS) is 12.4. The number of aliphatic imine (C=N–C) groups is 1. The molecule has 9 heteroatoms. The molecule has 1 amide bonds. The number of guanidine groups is 1. The highest BCUT2D eigenvalue weighted by Gasteiger charge is 2.16. The molecule has 3 N–H and O–H groups in total. The number of hydrogen-bond donors (Lipinski definition) is 3. The van der Waals surface area contributed by atoms with Gasteiger partial charge in [-0.25, -0.2) is 13.2 Å². The van der Waals surface area contributed by atoms with Crippen LogP contribution in [0.3, 0.4) is 0 Å². The van der Waals surface area contributed by atoms with Crippen LogP contribution in [-0.4, -0.2) is 58.2 Å². The summed E-state index contributed by atoms with van der Waals surface area (Å²) in [5.41, 5.74) is 1.25. The van der Waals surface area contributed by atoms with Crippen molar-refractivity contribution < 1.29 is 17.9 Å². The molecule has 1 rings (SSSR count). The molecule has 0 aliphatic carbocycles. The predicted octanol–water partition coefficient (Wildman–Crippen LogP) is 2.18. The molecule has 158 valence electrons. The number of carbonyl (C=O) groups excluding carboxylic acids is 1. The fourth-order valence-electron chi connectivity index (χ4n) is 2.26. The Balaban J connectivity index is 2.35. The second kappa shape index (κ2) is 10.9. The number of carbonyl (C=O) groups is 1. The Morgan fingerprint density at radius 1 is 1.11 bits per heavy atom. The molecule has 1 aromatic rings. The SMILES string of the molecule is CN=C(NCCCS(C)(=O)=O)NCCc1ccc(NC(=O)OC(C)(C)C)cc1. The van der Waals surface area contributed by atoms with Gasteiger partial charge >= 0.3 is 6.09 Å². The average Bonchev–Trinajstić information content (AvgIpc) is 2.56. The number of nitrogens with one attached hydrogen (secondary N) is 3. The predicted molar refractivity (Wildman–Crippen MR) is 114 cm³/mol. The molecule has 0 aromatic heterocycles. The molecule has 0 saturated carbocycles. The number of benzene rings is 1. The second-order valence-electron chi connectivity index (χ2n) is 7.48. The molecule has 1 aromatic carbocycles. The van der Waals surface area contributed by atoms with E-state index in [2.05, 4.69) is 20.9 Å². The lowest BCUT2D eigenvalue weighted by Gasteiger charge is -2.19. The summed E-state index contributed by atoms with van der Waals surface area (Å²) < 4.78 is 27.5. The molecule has 0 aliphatic rings. The van der Waals surface area contributed by atoms with Gasteiger partial charge in [0.25, 0.3) is 0 Å². The molecule has 0 atom stereocenters. The minimum atomic E-state index is -2.94. The third kappa shape index (κ3) is 11.4. The van der Waals surface area contributed by atoms with Crippen LogP contribution in [0.15, 0.2) is 29.3 Å². The van der Waals surface area contributed by atoms with Crippen LogP contribution in [0.25, 0.3) is 0 Å². The maximum Gasteiger partial charge on any atom is 0.412 e. The molecule has 0 bridgehead atoms. The minimum Gasteiger partial charge on any atom is -0.444 e. The Labute approximate surface area is 168 Å². The first kappa shape index (κ1) is 23.7. The lowest BCUT2D eigenvalue weighted by molar-refractivity contribution is 0.0636. The zero-order valence-corrected chi connectivity index (χ0v) is 18.1. The van der Waals surface area contributed by atoms with E-state index in [1.807, 2.05) is 45.0 Å². The van der Waals surface area contributed by atoms with Crippen LogP contribution in [0, 0.1) is 0 Å². The van der Waals surface area contributed by atoms with Gasteiger partial charge in [0.1, 0.15) is 15.4 Å². The highest BCUT2D eigenvalue weighted by atomic mass is 32.2. The summed E-state index contributed by atoms with van der Waals surface area (Å²) in [5.74, 6) is 0.789. The van der Waals surface area contributed by atoms with Crippen LogP contribution in [0.2, 0.25) is 0 Å². The highest BCUT2D eigenvalue weighted by molar-refractivity contribution is 7.90. The molecule has 28 heavy (non-hydrogen) atoms. The van der Waals surface area contributed by atoms with E-state index in [-0.39, 0.29) is 5.75 Å². The number of anilines is 1. The molecule has 0 unspecified atom stereocenters. The van der Waals surface area contributed by atoms with Crippen molar-refractivity contribution in [3.63, 3.8) is 0 Å². The van der Waals surface area contributed by atoms with Crippen LogP contribution in [0.4, 0.5) is 10.5 Å². The van der Waals surface area contributed by atoms with Crippen LogP contribution >= 0.6 is 0 Å². The standard InChI is InChI=1S/C19H32N4O4S/c1-19(2,3)27-18(24)23-16-9-7-15(8-10-16)11-13-22-17(20-4)21-12-6-14-28(5,25)26/h7-10H,6,11-14H2,1-5H3,(H,23,24)(H2,20,21,22). The number of sulfone groups is 1. The molecule has 0 fully saturated rings. The Morgan fingerprint density at radius 2 is 1.71 bits per heavy atom. The van der Waals surface area contributed by atoms with Gasteiger partial charge in [-0.05, 0) is 51.3 Å². The zero-order chi connectivity index (χ0) is 21.2. The molecular weight excluding hydrogens is 380 g/mol. The third-order valence-corrected chi connectivity index (χ3v) is 4.54. The summed E-state index contributed by atoms with van der Waals surface area (Å²) >= 11 is 0. The van der Waals surface area contributed by atoms with Crippen LogP contribution in [0.5, 0.6) is 0 Å². The molecular formula is C19H32N4O4S. The van der Waals surface area contributed by atoms with E-state index in [9.17, 15) is 13.2 Å². The van der Waals surface area contributed by atoms with Gasteiger partial charge in [-0.2, -0.15) is 0 Å². The monoisotopic (exact) mass is 412 g/mol. The summed E-state index contributed by atoms with van der Waals surface area (Å²) in [6.07, 6.45) is 2.06. The zero-order valence-electron chi connectivity index (χ0n) is 17.3. The smallest absolute Gasteiger partial charge is 0.412 e. The fraction of sp³-hybridized carbons (Fsp3) is 0.579. The summed E-state index contributed by atoms with van der Waals surface area (Å²) in [6.45, 7) is 6.66. The second-order valence-corrected chi connectivity index (χ2v) is 9.74. The maximum absolute atomic E-state index is 11.8. The lowest BCUT2D eigenvalue weighted by Crippen LogP contribution is -2.39. The van der Waals surface area contributed by atoms with E-state index in [0.29, 0.717) is 31.2 Å². The van der Waals surface area contributed by atoms with Crippen molar-refractivity contribution in [3.8, 4) is 0 Å². The van der Waals surface area contributed by atoms with Gasteiger partial charge in [0.05, 0.1) is 5.75 Å². The molecule has 0 aliphatic heterocycles. The third-order valence-electron chi connectivity index (χ3n) is 3.51. The Kier molecular flexibility index (Phi) is 9.24. The van der Waals surface area contributed by atoms with Gasteiger partial charge < -0.3 is 15.4 Å². The summed E-state index contributed by atoms with van der Waals surface area (Å²) in [6, 6.07) is 7.54. The van der Waals surface area contributed by atoms with Crippen molar-refractivity contribution in [1.82, 2.24) is 10.6 Å². The number of nitrogens with zero attached hydrogens (tertiary/aromatic N) is 1. The van der Waals surface area contributed by atoms with Crippen molar-refractivity contribution >= 4 is 27.6 Å². The van der Waals surface area contributed by atoms with Crippen molar-refractivity contribution in [2.24, 2.45) is 4.99 Å². The fourth-order valence-corrected chi connectivity index (χ4v) is 2.93. The van der Waals surface area contributed by atoms with Crippen molar-refractivity contribution in [1.29, 1.82) is 0 Å². The van der Waals surface area contributed by atoms with Gasteiger partial charge in [0, 0.05) is 32.1 Å². The van der Waals surface area contributed by atoms with E-state index in [1.54, 1.807) is 7.05 Å². The van der Waals surface area contributed by atoms with Gasteiger partial charge in [-0.3, -0.25) is 10.3 Å². The van der Waals surface area contributed by atoms with Gasteiger partial charge in [-0.1, -0.05) is 12.1 Å². The van der Waals surface area contributed by atoms with E-state index < -0.39 is 21.5 Å². The van der Waals surface area contributed by atoms with Crippen molar-refractivity contribution in [2.45, 2.75) is 39.2 Å². The first-order valence-electron chi connectivity index (χ1n) is 9.20.